The molecule has 2 amide bonds. The summed E-state index contributed by atoms with van der Waals surface area (Å²) in [6.45, 7) is 3.29. The lowest BCUT2D eigenvalue weighted by Crippen LogP contribution is -2.22. The molecule has 0 saturated carbocycles. The number of nitrogens with two attached hydrogens (primary N) is 1. The molecule has 0 fully saturated rings. The predicted octanol–water partition coefficient (Wildman–Crippen LogP) is 1.80. The third-order valence-corrected chi connectivity index (χ3v) is 4.68. The highest BCUT2D eigenvalue weighted by atomic mass is 16.3. The van der Waals surface area contributed by atoms with E-state index < -0.39 is 17.4 Å². The lowest BCUT2D eigenvalue weighted by molar-refractivity contribution is 0.0793. The first-order valence-electron chi connectivity index (χ1n) is 8.93. The zero-order valence-corrected chi connectivity index (χ0v) is 16.2. The summed E-state index contributed by atoms with van der Waals surface area (Å²) in [5, 5.41) is 22.8. The predicted molar refractivity (Wildman–Crippen MR) is 108 cm³/mol. The number of benzene rings is 1. The smallest absolute Gasteiger partial charge is 0.274 e. The number of hydrogen-bond acceptors (Lipinski definition) is 5. The van der Waals surface area contributed by atoms with E-state index in [1.165, 1.54) is 10.7 Å². The number of anilines is 1. The van der Waals surface area contributed by atoms with Crippen molar-refractivity contribution < 1.29 is 14.7 Å². The van der Waals surface area contributed by atoms with E-state index in [0.29, 0.717) is 16.8 Å². The van der Waals surface area contributed by atoms with Gasteiger partial charge in [-0.3, -0.25) is 14.3 Å². The first kappa shape index (κ1) is 18.6. The van der Waals surface area contributed by atoms with E-state index in [4.69, 9.17) is 5.73 Å². The molecule has 0 aliphatic carbocycles. The molecule has 4 rings (SSSR count). The maximum atomic E-state index is 13.0. The minimum absolute atomic E-state index is 0.258. The fraction of sp³-hybridized carbons (Fsp3) is 0.200. The van der Waals surface area contributed by atoms with Gasteiger partial charge in [-0.1, -0.05) is 0 Å². The van der Waals surface area contributed by atoms with Crippen molar-refractivity contribution in [1.82, 2.24) is 19.4 Å². The van der Waals surface area contributed by atoms with Crippen LogP contribution >= 0.6 is 0 Å². The largest absolute Gasteiger partial charge is 0.386 e. The summed E-state index contributed by atoms with van der Waals surface area (Å²) in [6, 6.07) is 8.39. The van der Waals surface area contributed by atoms with Gasteiger partial charge in [-0.05, 0) is 44.2 Å². The maximum Gasteiger partial charge on any atom is 0.274 e. The number of nitrogens with one attached hydrogen (secondary N) is 1. The van der Waals surface area contributed by atoms with E-state index in [0.717, 1.165) is 10.9 Å². The average molecular weight is 392 g/mol. The van der Waals surface area contributed by atoms with Crippen LogP contribution < -0.4 is 11.1 Å². The van der Waals surface area contributed by atoms with E-state index in [-0.39, 0.29) is 11.3 Å². The molecule has 4 aromatic rings. The minimum Gasteiger partial charge on any atom is -0.386 e. The number of carbonyl (C=O) groups excluding carboxylic acids is 2. The van der Waals surface area contributed by atoms with Crippen molar-refractivity contribution >= 4 is 33.9 Å². The normalized spacial score (nSPS) is 11.9. The van der Waals surface area contributed by atoms with Crippen molar-refractivity contribution in [2.45, 2.75) is 19.4 Å². The van der Waals surface area contributed by atoms with Gasteiger partial charge in [-0.25, -0.2) is 4.52 Å². The molecule has 0 spiro atoms. The molecular weight excluding hydrogens is 372 g/mol. The van der Waals surface area contributed by atoms with Crippen LogP contribution in [0, 0.1) is 0 Å². The summed E-state index contributed by atoms with van der Waals surface area (Å²) in [6.07, 6.45) is 3.15. The van der Waals surface area contributed by atoms with Crippen molar-refractivity contribution in [3.05, 3.63) is 59.5 Å². The number of aryl methyl sites for hydroxylation is 1. The Hall–Kier alpha value is -3.72. The lowest BCUT2D eigenvalue weighted by atomic mass is 9.95. The Morgan fingerprint density at radius 1 is 1.21 bits per heavy atom. The van der Waals surface area contributed by atoms with E-state index >= 15 is 0 Å². The van der Waals surface area contributed by atoms with Gasteiger partial charge in [0.15, 0.2) is 0 Å². The Labute approximate surface area is 165 Å². The third kappa shape index (κ3) is 3.32. The fourth-order valence-electron chi connectivity index (χ4n) is 3.30. The van der Waals surface area contributed by atoms with Crippen LogP contribution in [-0.2, 0) is 12.6 Å². The molecule has 3 aromatic heterocycles. The summed E-state index contributed by atoms with van der Waals surface area (Å²) in [5.41, 5.74) is 6.94. The highest BCUT2D eigenvalue weighted by Crippen LogP contribution is 2.32. The SMILES string of the molecule is Cn1cc2cc(NC(=O)c3ccc4cc(C(N)=O)cnn34)c(C(C)(C)O)cc2n1. The zero-order chi connectivity index (χ0) is 20.9. The number of amides is 2. The van der Waals surface area contributed by atoms with Gasteiger partial charge in [0.1, 0.15) is 5.69 Å². The van der Waals surface area contributed by atoms with Crippen LogP contribution in [0.5, 0.6) is 0 Å². The lowest BCUT2D eigenvalue weighted by Gasteiger charge is -2.22. The third-order valence-electron chi connectivity index (χ3n) is 4.68. The Morgan fingerprint density at radius 3 is 2.66 bits per heavy atom. The van der Waals surface area contributed by atoms with Gasteiger partial charge in [0.05, 0.1) is 28.4 Å². The highest BCUT2D eigenvalue weighted by molar-refractivity contribution is 6.05. The number of primary amides is 1. The van der Waals surface area contributed by atoms with Crippen molar-refractivity contribution in [3.8, 4) is 0 Å². The minimum atomic E-state index is -1.19. The van der Waals surface area contributed by atoms with Crippen molar-refractivity contribution in [2.24, 2.45) is 12.8 Å². The van der Waals surface area contributed by atoms with E-state index in [2.05, 4.69) is 15.5 Å². The van der Waals surface area contributed by atoms with Crippen LogP contribution in [0.3, 0.4) is 0 Å². The molecule has 148 valence electrons. The number of rotatable bonds is 4. The molecular formula is C20H20N6O3. The zero-order valence-electron chi connectivity index (χ0n) is 16.2. The van der Waals surface area contributed by atoms with Crippen molar-refractivity contribution in [1.29, 1.82) is 0 Å². The van der Waals surface area contributed by atoms with Gasteiger partial charge in [0, 0.05) is 29.9 Å². The summed E-state index contributed by atoms with van der Waals surface area (Å²) in [5.74, 6) is -0.996. The van der Waals surface area contributed by atoms with Gasteiger partial charge in [0.2, 0.25) is 5.91 Å². The highest BCUT2D eigenvalue weighted by Gasteiger charge is 2.24. The monoisotopic (exact) mass is 392 g/mol. The number of nitrogens with zero attached hydrogens (tertiary/aromatic N) is 4. The van der Waals surface area contributed by atoms with E-state index in [1.807, 2.05) is 6.20 Å². The molecule has 0 bridgehead atoms. The molecule has 0 radical (unpaired) electrons. The Kier molecular flexibility index (Phi) is 4.12. The molecule has 3 heterocycles. The Bertz CT molecular complexity index is 1280. The second-order valence-electron chi connectivity index (χ2n) is 7.44. The topological polar surface area (TPSA) is 128 Å². The number of hydrogen-bond donors (Lipinski definition) is 3. The molecule has 4 N–H and O–H groups in total. The summed E-state index contributed by atoms with van der Waals surface area (Å²) in [4.78, 5) is 24.3. The maximum absolute atomic E-state index is 13.0. The molecule has 0 aliphatic rings. The van der Waals surface area contributed by atoms with Crippen LogP contribution in [-0.4, -0.2) is 36.3 Å². The van der Waals surface area contributed by atoms with Crippen LogP contribution in [0.15, 0.2) is 42.7 Å². The van der Waals surface area contributed by atoms with Crippen molar-refractivity contribution in [2.75, 3.05) is 5.32 Å². The van der Waals surface area contributed by atoms with E-state index in [9.17, 15) is 14.7 Å². The second-order valence-corrected chi connectivity index (χ2v) is 7.44. The summed E-state index contributed by atoms with van der Waals surface area (Å²) >= 11 is 0. The van der Waals surface area contributed by atoms with Gasteiger partial charge in [-0.15, -0.1) is 0 Å². The first-order valence-corrected chi connectivity index (χ1v) is 8.93. The molecule has 0 aliphatic heterocycles. The molecule has 29 heavy (non-hydrogen) atoms. The molecule has 9 heteroatoms. The average Bonchev–Trinajstić information content (AvgIpc) is 3.21. The molecule has 1 aromatic carbocycles. The van der Waals surface area contributed by atoms with Gasteiger partial charge >= 0.3 is 0 Å². The van der Waals surface area contributed by atoms with Crippen molar-refractivity contribution in [3.63, 3.8) is 0 Å². The quantitative estimate of drug-likeness (QED) is 0.488. The number of aromatic nitrogens is 4. The number of fused-ring (bicyclic) bond motifs is 2. The van der Waals surface area contributed by atoms with Crippen LogP contribution in [0.2, 0.25) is 0 Å². The van der Waals surface area contributed by atoms with Crippen LogP contribution in [0.1, 0.15) is 40.3 Å². The van der Waals surface area contributed by atoms with Crippen LogP contribution in [0.4, 0.5) is 5.69 Å². The van der Waals surface area contributed by atoms with E-state index in [1.54, 1.807) is 55.9 Å². The summed E-state index contributed by atoms with van der Waals surface area (Å²) in [7, 11) is 1.81. The molecule has 0 unspecified atom stereocenters. The molecule has 9 nitrogen and oxygen atoms in total. The summed E-state index contributed by atoms with van der Waals surface area (Å²) < 4.78 is 3.10. The van der Waals surface area contributed by atoms with Crippen LogP contribution in [0.25, 0.3) is 16.4 Å². The number of carbonyl (C=O) groups is 2. The van der Waals surface area contributed by atoms with Gasteiger partial charge in [-0.2, -0.15) is 10.2 Å². The Morgan fingerprint density at radius 2 is 1.97 bits per heavy atom. The second kappa shape index (κ2) is 6.42. The molecule has 0 saturated heterocycles. The Balaban J connectivity index is 1.75. The number of aliphatic hydroxyl groups is 1. The standard InChI is InChI=1S/C20H20N6O3/c1-20(2,29)14-8-15-12(10-25(3)24-15)7-16(14)23-19(28)17-5-4-13-6-11(18(21)27)9-22-26(13)17/h4-10,29H,1-3H3,(H2,21,27)(H,23,28). The molecule has 0 atom stereocenters. The van der Waals surface area contributed by atoms with Gasteiger partial charge < -0.3 is 16.2 Å². The first-order chi connectivity index (χ1) is 13.6. The fourth-order valence-corrected chi connectivity index (χ4v) is 3.30. The van der Waals surface area contributed by atoms with Gasteiger partial charge in [0.25, 0.3) is 5.91 Å².